The van der Waals surface area contributed by atoms with Crippen LogP contribution < -0.4 is 11.1 Å². The van der Waals surface area contributed by atoms with Gasteiger partial charge in [0.05, 0.1) is 25.2 Å². The molecule has 0 fully saturated rings. The Bertz CT molecular complexity index is 820. The fourth-order valence-corrected chi connectivity index (χ4v) is 1.85. The molecule has 2 rings (SSSR count). The lowest BCUT2D eigenvalue weighted by molar-refractivity contribution is -0.145. The Kier molecular flexibility index (Phi) is 10.0. The summed E-state index contributed by atoms with van der Waals surface area (Å²) >= 11 is 0. The van der Waals surface area contributed by atoms with E-state index in [1.165, 1.54) is 30.7 Å². The van der Waals surface area contributed by atoms with E-state index in [1.54, 1.807) is 26.0 Å². The summed E-state index contributed by atoms with van der Waals surface area (Å²) in [5.41, 5.74) is 5.24. The topological polar surface area (TPSA) is 157 Å². The smallest absolute Gasteiger partial charge is 0.336 e. The minimum absolute atomic E-state index is 0.0347. The maximum absolute atomic E-state index is 11.8. The first kappa shape index (κ1) is 23.2. The van der Waals surface area contributed by atoms with Gasteiger partial charge in [0.25, 0.3) is 0 Å². The summed E-state index contributed by atoms with van der Waals surface area (Å²) < 4.78 is 9.66. The predicted octanol–water partition coefficient (Wildman–Crippen LogP) is 1.97. The van der Waals surface area contributed by atoms with Crippen LogP contribution in [0.15, 0.2) is 48.4 Å². The zero-order valence-electron chi connectivity index (χ0n) is 16.2. The molecular formula is C19H24N4O6. The van der Waals surface area contributed by atoms with Crippen LogP contribution in [0.5, 0.6) is 11.5 Å². The summed E-state index contributed by atoms with van der Waals surface area (Å²) in [4.78, 5) is 30.7. The zero-order valence-corrected chi connectivity index (χ0v) is 16.2. The van der Waals surface area contributed by atoms with E-state index in [1.807, 2.05) is 0 Å². The van der Waals surface area contributed by atoms with Gasteiger partial charge in [-0.25, -0.2) is 14.8 Å². The highest BCUT2D eigenvalue weighted by Gasteiger charge is 2.16. The van der Waals surface area contributed by atoms with Gasteiger partial charge in [-0.1, -0.05) is 0 Å². The first-order chi connectivity index (χ1) is 13.9. The fourth-order valence-electron chi connectivity index (χ4n) is 1.85. The largest absolute Gasteiger partial charge is 0.504 e. The molecule has 10 heteroatoms. The van der Waals surface area contributed by atoms with Crippen LogP contribution in [0.2, 0.25) is 0 Å². The van der Waals surface area contributed by atoms with Crippen molar-refractivity contribution in [1.82, 2.24) is 9.97 Å². The summed E-state index contributed by atoms with van der Waals surface area (Å²) in [5, 5.41) is 21.0. The Morgan fingerprint density at radius 1 is 1.07 bits per heavy atom. The van der Waals surface area contributed by atoms with Gasteiger partial charge >= 0.3 is 11.9 Å². The number of esters is 2. The lowest BCUT2D eigenvalue weighted by Crippen LogP contribution is -2.15. The Labute approximate surface area is 168 Å². The summed E-state index contributed by atoms with van der Waals surface area (Å²) in [7, 11) is 0. The van der Waals surface area contributed by atoms with Gasteiger partial charge in [-0.3, -0.25) is 4.79 Å². The molecule has 2 heterocycles. The Hall–Kier alpha value is -3.82. The molecule has 2 aromatic heterocycles. The summed E-state index contributed by atoms with van der Waals surface area (Å²) in [6.07, 6.45) is 4.05. The van der Waals surface area contributed by atoms with E-state index >= 15 is 0 Å². The highest BCUT2D eigenvalue weighted by atomic mass is 16.5. The van der Waals surface area contributed by atoms with Crippen molar-refractivity contribution in [3.8, 4) is 11.5 Å². The molecule has 0 bridgehead atoms. The molecule has 0 saturated carbocycles. The standard InChI is InChI=1S/C14H18N2O5.C5H6N2O/c1-3-20-12(18)8-10(14(19)21-4-2)9-16-13-11(17)6-5-7-15-13;6-5-4(8)2-1-3-7-5/h5-7,9,17H,3-4,8H2,1-2H3,(H,15,16);1-3,8H,(H2,6,7). The van der Waals surface area contributed by atoms with Crippen molar-refractivity contribution < 1.29 is 29.3 Å². The second kappa shape index (κ2) is 12.5. The molecule has 0 aliphatic rings. The number of nitrogens with two attached hydrogens (primary N) is 1. The normalized spacial score (nSPS) is 10.3. The number of ether oxygens (including phenoxy) is 2. The molecule has 0 unspecified atom stereocenters. The number of pyridine rings is 2. The van der Waals surface area contributed by atoms with Crippen LogP contribution in [-0.2, 0) is 19.1 Å². The van der Waals surface area contributed by atoms with Crippen LogP contribution in [0.25, 0.3) is 0 Å². The van der Waals surface area contributed by atoms with E-state index in [0.717, 1.165) is 0 Å². The van der Waals surface area contributed by atoms with Gasteiger partial charge in [-0.2, -0.15) is 0 Å². The van der Waals surface area contributed by atoms with Gasteiger partial charge in [-0.15, -0.1) is 0 Å². The lowest BCUT2D eigenvalue weighted by Gasteiger charge is -2.08. The van der Waals surface area contributed by atoms with Crippen molar-refractivity contribution in [1.29, 1.82) is 0 Å². The second-order valence-corrected chi connectivity index (χ2v) is 5.30. The molecule has 0 saturated heterocycles. The van der Waals surface area contributed by atoms with Gasteiger partial charge < -0.3 is 30.7 Å². The van der Waals surface area contributed by atoms with Gasteiger partial charge in [0, 0.05) is 18.6 Å². The number of rotatable bonds is 7. The maximum atomic E-state index is 11.8. The first-order valence-electron chi connectivity index (χ1n) is 8.70. The maximum Gasteiger partial charge on any atom is 0.336 e. The van der Waals surface area contributed by atoms with E-state index in [4.69, 9.17) is 20.3 Å². The molecule has 0 radical (unpaired) electrons. The number of nitrogens with one attached hydrogen (secondary N) is 1. The lowest BCUT2D eigenvalue weighted by atomic mass is 10.2. The van der Waals surface area contributed by atoms with Crippen LogP contribution in [0.3, 0.4) is 0 Å². The van der Waals surface area contributed by atoms with Crippen molar-refractivity contribution in [3.63, 3.8) is 0 Å². The van der Waals surface area contributed by atoms with Crippen molar-refractivity contribution in [2.24, 2.45) is 0 Å². The molecular weight excluding hydrogens is 380 g/mol. The Morgan fingerprint density at radius 2 is 1.69 bits per heavy atom. The molecule has 156 valence electrons. The van der Waals surface area contributed by atoms with Crippen LogP contribution >= 0.6 is 0 Å². The van der Waals surface area contributed by atoms with E-state index in [9.17, 15) is 14.7 Å². The number of aromatic nitrogens is 2. The molecule has 0 amide bonds. The first-order valence-corrected chi connectivity index (χ1v) is 8.70. The van der Waals surface area contributed by atoms with Crippen molar-refractivity contribution in [2.45, 2.75) is 20.3 Å². The van der Waals surface area contributed by atoms with Gasteiger partial charge in [-0.05, 0) is 38.1 Å². The number of hydrogen-bond acceptors (Lipinski definition) is 10. The number of anilines is 2. The number of carbonyl (C=O) groups is 2. The fraction of sp³-hybridized carbons (Fsp3) is 0.263. The van der Waals surface area contributed by atoms with E-state index < -0.39 is 11.9 Å². The number of nitrogen functional groups attached to an aromatic ring is 1. The Morgan fingerprint density at radius 3 is 2.21 bits per heavy atom. The van der Waals surface area contributed by atoms with E-state index in [0.29, 0.717) is 0 Å². The minimum Gasteiger partial charge on any atom is -0.504 e. The van der Waals surface area contributed by atoms with Crippen LogP contribution in [0.1, 0.15) is 20.3 Å². The molecule has 0 spiro atoms. The quantitative estimate of drug-likeness (QED) is 0.397. The minimum atomic E-state index is -0.631. The monoisotopic (exact) mass is 404 g/mol. The molecule has 0 atom stereocenters. The highest BCUT2D eigenvalue weighted by molar-refractivity contribution is 5.94. The van der Waals surface area contributed by atoms with Gasteiger partial charge in [0.2, 0.25) is 0 Å². The average molecular weight is 404 g/mol. The molecule has 10 nitrogen and oxygen atoms in total. The predicted molar refractivity (Wildman–Crippen MR) is 106 cm³/mol. The summed E-state index contributed by atoms with van der Waals surface area (Å²) in [6.45, 7) is 3.75. The summed E-state index contributed by atoms with van der Waals surface area (Å²) in [6, 6.07) is 6.11. The molecule has 0 aromatic carbocycles. The van der Waals surface area contributed by atoms with Crippen LogP contribution in [-0.4, -0.2) is 45.3 Å². The van der Waals surface area contributed by atoms with Crippen molar-refractivity contribution >= 4 is 23.6 Å². The number of aromatic hydroxyl groups is 2. The van der Waals surface area contributed by atoms with Crippen LogP contribution in [0.4, 0.5) is 11.6 Å². The molecule has 5 N–H and O–H groups in total. The molecule has 0 aliphatic heterocycles. The van der Waals surface area contributed by atoms with Crippen molar-refractivity contribution in [2.75, 3.05) is 24.3 Å². The number of hydrogen-bond donors (Lipinski definition) is 4. The Balaban J connectivity index is 0.000000436. The van der Waals surface area contributed by atoms with Crippen LogP contribution in [0, 0.1) is 0 Å². The van der Waals surface area contributed by atoms with E-state index in [-0.39, 0.29) is 48.3 Å². The number of nitrogens with zero attached hydrogens (tertiary/aromatic N) is 2. The third-order valence-corrected chi connectivity index (χ3v) is 3.16. The number of carbonyl (C=O) groups excluding carboxylic acids is 2. The third-order valence-electron chi connectivity index (χ3n) is 3.16. The summed E-state index contributed by atoms with van der Waals surface area (Å²) in [5.74, 6) is -0.867. The van der Waals surface area contributed by atoms with E-state index in [2.05, 4.69) is 15.3 Å². The molecule has 0 aliphatic carbocycles. The van der Waals surface area contributed by atoms with Gasteiger partial charge in [0.15, 0.2) is 23.1 Å². The highest BCUT2D eigenvalue weighted by Crippen LogP contribution is 2.19. The van der Waals surface area contributed by atoms with Gasteiger partial charge in [0.1, 0.15) is 0 Å². The third kappa shape index (κ3) is 8.61. The average Bonchev–Trinajstić information content (AvgIpc) is 2.69. The molecule has 2 aromatic rings. The zero-order chi connectivity index (χ0) is 21.6. The molecule has 29 heavy (non-hydrogen) atoms. The van der Waals surface area contributed by atoms with Crippen molar-refractivity contribution in [3.05, 3.63) is 48.4 Å². The second-order valence-electron chi connectivity index (χ2n) is 5.30. The SMILES string of the molecule is CCOC(=O)CC(=CNc1ncccc1O)C(=O)OCC.Nc1ncccc1O.